The predicted molar refractivity (Wildman–Crippen MR) is 151 cm³/mol. The summed E-state index contributed by atoms with van der Waals surface area (Å²) in [5, 5.41) is 32.9. The Balaban J connectivity index is 1.41. The van der Waals surface area contributed by atoms with Crippen molar-refractivity contribution in [2.75, 3.05) is 26.2 Å². The molecule has 2 atom stereocenters. The molecule has 1 aromatic heterocycles. The maximum atomic E-state index is 13.8. The van der Waals surface area contributed by atoms with Crippen molar-refractivity contribution in [1.82, 2.24) is 15.1 Å². The normalized spacial score (nSPS) is 20.5. The van der Waals surface area contributed by atoms with E-state index in [1.165, 1.54) is 17.2 Å². The van der Waals surface area contributed by atoms with Gasteiger partial charge < -0.3 is 29.4 Å². The van der Waals surface area contributed by atoms with Gasteiger partial charge in [0.05, 0.1) is 24.8 Å². The van der Waals surface area contributed by atoms with Crippen molar-refractivity contribution in [3.8, 4) is 6.07 Å². The lowest BCUT2D eigenvalue weighted by Crippen LogP contribution is -2.49. The summed E-state index contributed by atoms with van der Waals surface area (Å²) in [5.74, 6) is -4.44. The molecule has 2 amide bonds. The van der Waals surface area contributed by atoms with Gasteiger partial charge in [-0.05, 0) is 50.8 Å². The zero-order valence-corrected chi connectivity index (χ0v) is 23.9. The van der Waals surface area contributed by atoms with Gasteiger partial charge in [0.2, 0.25) is 0 Å². The number of nitriles is 1. The number of alkyl carbamates (subject to hydrolysis) is 1. The van der Waals surface area contributed by atoms with Gasteiger partial charge in [-0.25, -0.2) is 13.6 Å². The molecule has 0 spiro atoms. The first-order valence-corrected chi connectivity index (χ1v) is 14.2. The Bertz CT molecular complexity index is 1340. The molecular weight excluding hydrogens is 549 g/mol. The van der Waals surface area contributed by atoms with Gasteiger partial charge in [0.1, 0.15) is 23.8 Å². The van der Waals surface area contributed by atoms with Crippen LogP contribution in [0, 0.1) is 11.3 Å². The molecule has 10 nitrogen and oxygen atoms in total. The van der Waals surface area contributed by atoms with Crippen LogP contribution in [0.15, 0.2) is 46.6 Å². The fraction of sp³-hybridized carbons (Fsp3) is 0.552. The number of likely N-dealkylation sites (tertiary alicyclic amines) is 2. The predicted octanol–water partition coefficient (Wildman–Crippen LogP) is 3.42. The molecule has 1 unspecified atom stereocenters. The average Bonchev–Trinajstić information content (AvgIpc) is 3.44. The van der Waals surface area contributed by atoms with Crippen LogP contribution >= 0.6 is 0 Å². The number of nitrogens with one attached hydrogen (secondary N) is 1. The summed E-state index contributed by atoms with van der Waals surface area (Å²) >= 11 is 0. The number of hydrogen-bond acceptors (Lipinski definition) is 8. The van der Waals surface area contributed by atoms with E-state index in [-0.39, 0.29) is 31.6 Å². The van der Waals surface area contributed by atoms with E-state index in [0.717, 1.165) is 18.2 Å². The molecule has 2 aromatic rings. The Hall–Kier alpha value is -3.47. The van der Waals surface area contributed by atoms with E-state index in [0.29, 0.717) is 30.5 Å². The Labute approximate surface area is 244 Å². The molecule has 0 saturated carbocycles. The first-order valence-electron chi connectivity index (χ1n) is 14.2. The second kappa shape index (κ2) is 13.2. The molecule has 13 heteroatoms. The maximum Gasteiger partial charge on any atom is 0.475 e. The molecular formula is C29H37BF2N4O6. The molecule has 2 saturated heterocycles. The van der Waals surface area contributed by atoms with Gasteiger partial charge in [-0.3, -0.25) is 9.69 Å². The van der Waals surface area contributed by atoms with Crippen molar-refractivity contribution in [2.45, 2.75) is 75.8 Å². The number of carbonyl (C=O) groups is 2. The van der Waals surface area contributed by atoms with Crippen molar-refractivity contribution in [3.63, 3.8) is 0 Å². The number of fused-ring (bicyclic) bond motifs is 1. The SMILES string of the molecule is CC(C)(C=C(C#N)C(=O)N1CCCCCC1COC(=O)N[C@@H](Cc1coc2ccccc12)B(O)O)N1CCC(F)(F)C1. The number of para-hydroxylation sites is 1. The number of alkyl halides is 2. The number of hydrogen-bond donors (Lipinski definition) is 3. The number of furan rings is 1. The summed E-state index contributed by atoms with van der Waals surface area (Å²) in [7, 11) is -1.87. The van der Waals surface area contributed by atoms with Crippen molar-refractivity contribution in [1.29, 1.82) is 5.26 Å². The minimum absolute atomic E-state index is 0.0763. The quantitative estimate of drug-likeness (QED) is 0.231. The van der Waals surface area contributed by atoms with Crippen molar-refractivity contribution in [2.24, 2.45) is 0 Å². The molecule has 226 valence electrons. The molecule has 3 heterocycles. The first-order chi connectivity index (χ1) is 19.9. The number of ether oxygens (including phenoxy) is 1. The van der Waals surface area contributed by atoms with Gasteiger partial charge in [-0.15, -0.1) is 0 Å². The number of amides is 2. The lowest BCUT2D eigenvalue weighted by molar-refractivity contribution is -0.129. The third-order valence-corrected chi connectivity index (χ3v) is 8.04. The van der Waals surface area contributed by atoms with Gasteiger partial charge in [-0.1, -0.05) is 31.0 Å². The van der Waals surface area contributed by atoms with Crippen LogP contribution in [0.2, 0.25) is 0 Å². The van der Waals surface area contributed by atoms with Gasteiger partial charge >= 0.3 is 13.2 Å². The van der Waals surface area contributed by atoms with E-state index >= 15 is 0 Å². The summed E-state index contributed by atoms with van der Waals surface area (Å²) in [6, 6.07) is 8.69. The Kier molecular flexibility index (Phi) is 9.91. The highest BCUT2D eigenvalue weighted by atomic mass is 19.3. The van der Waals surface area contributed by atoms with Gasteiger partial charge in [0, 0.05) is 30.4 Å². The Morgan fingerprint density at radius 3 is 2.74 bits per heavy atom. The van der Waals surface area contributed by atoms with Crippen molar-refractivity contribution < 1.29 is 37.6 Å². The number of halogens is 2. The topological polar surface area (TPSA) is 139 Å². The monoisotopic (exact) mass is 586 g/mol. The third-order valence-electron chi connectivity index (χ3n) is 8.04. The van der Waals surface area contributed by atoms with Gasteiger partial charge in [0.25, 0.3) is 11.8 Å². The maximum absolute atomic E-state index is 13.8. The highest BCUT2D eigenvalue weighted by Crippen LogP contribution is 2.33. The smallest absolute Gasteiger partial charge is 0.464 e. The highest BCUT2D eigenvalue weighted by molar-refractivity contribution is 6.43. The van der Waals surface area contributed by atoms with Crippen LogP contribution in [0.4, 0.5) is 13.6 Å². The lowest BCUT2D eigenvalue weighted by Gasteiger charge is -2.34. The second-order valence-corrected chi connectivity index (χ2v) is 11.6. The van der Waals surface area contributed by atoms with E-state index in [2.05, 4.69) is 5.32 Å². The molecule has 2 aliphatic heterocycles. The minimum atomic E-state index is -2.81. The first kappa shape index (κ1) is 31.5. The van der Waals surface area contributed by atoms with E-state index in [4.69, 9.17) is 9.15 Å². The molecule has 1 aromatic carbocycles. The van der Waals surface area contributed by atoms with E-state index < -0.39 is 49.1 Å². The van der Waals surface area contributed by atoms with Crippen LogP contribution < -0.4 is 5.32 Å². The molecule has 0 bridgehead atoms. The fourth-order valence-corrected chi connectivity index (χ4v) is 5.61. The van der Waals surface area contributed by atoms with Crippen LogP contribution in [-0.2, 0) is 16.0 Å². The average molecular weight is 586 g/mol. The lowest BCUT2D eigenvalue weighted by atomic mass is 9.76. The third kappa shape index (κ3) is 7.67. The molecule has 0 aliphatic carbocycles. The highest BCUT2D eigenvalue weighted by Gasteiger charge is 2.43. The van der Waals surface area contributed by atoms with E-state index in [1.807, 2.05) is 24.3 Å². The summed E-state index contributed by atoms with van der Waals surface area (Å²) in [5.41, 5.74) is 0.217. The molecule has 0 radical (unpaired) electrons. The van der Waals surface area contributed by atoms with E-state index in [9.17, 15) is 33.7 Å². The minimum Gasteiger partial charge on any atom is -0.464 e. The zero-order chi connectivity index (χ0) is 30.5. The van der Waals surface area contributed by atoms with Gasteiger partial charge in [0.15, 0.2) is 0 Å². The standard InChI is InChI=1S/C29H37BF2N4O6/c1-28(2,35-13-11-29(31,32)19-35)15-21(16-33)26(37)36-12-7-3-4-8-22(36)18-42-27(38)34-25(30(39)40)14-20-17-41-24-10-6-5-9-23(20)24/h5-6,9-10,15,17,22,25,39-40H,3-4,7-8,11-14,18-19H2,1-2H3,(H,34,38)/t22?,25-/m0/s1. The van der Waals surface area contributed by atoms with Crippen molar-refractivity contribution >= 4 is 30.1 Å². The second-order valence-electron chi connectivity index (χ2n) is 11.6. The van der Waals surface area contributed by atoms with Crippen LogP contribution in [0.3, 0.4) is 0 Å². The summed E-state index contributed by atoms with van der Waals surface area (Å²) in [4.78, 5) is 29.3. The van der Waals surface area contributed by atoms with Crippen LogP contribution in [0.5, 0.6) is 0 Å². The number of nitrogens with zero attached hydrogens (tertiary/aromatic N) is 3. The molecule has 2 aliphatic rings. The van der Waals surface area contributed by atoms with Crippen LogP contribution in [0.1, 0.15) is 51.5 Å². The fourth-order valence-electron chi connectivity index (χ4n) is 5.61. The summed E-state index contributed by atoms with van der Waals surface area (Å²) < 4.78 is 38.6. The Morgan fingerprint density at radius 2 is 2.05 bits per heavy atom. The summed E-state index contributed by atoms with van der Waals surface area (Å²) in [6.07, 6.45) is 4.73. The van der Waals surface area contributed by atoms with Crippen molar-refractivity contribution in [3.05, 3.63) is 47.7 Å². The van der Waals surface area contributed by atoms with E-state index in [1.54, 1.807) is 24.8 Å². The zero-order valence-electron chi connectivity index (χ0n) is 23.9. The number of rotatable bonds is 9. The molecule has 2 fully saturated rings. The largest absolute Gasteiger partial charge is 0.475 e. The molecule has 42 heavy (non-hydrogen) atoms. The number of benzene rings is 1. The van der Waals surface area contributed by atoms with Gasteiger partial charge in [-0.2, -0.15) is 5.26 Å². The summed E-state index contributed by atoms with van der Waals surface area (Å²) in [6.45, 7) is 3.29. The van der Waals surface area contributed by atoms with Crippen LogP contribution in [-0.4, -0.2) is 88.7 Å². The molecule has 4 rings (SSSR count). The number of carbonyl (C=O) groups excluding carboxylic acids is 2. The van der Waals surface area contributed by atoms with Crippen LogP contribution in [0.25, 0.3) is 11.0 Å². The Morgan fingerprint density at radius 1 is 1.29 bits per heavy atom. The molecule has 3 N–H and O–H groups in total.